The summed E-state index contributed by atoms with van der Waals surface area (Å²) in [6, 6.07) is 42.2. The highest BCUT2D eigenvalue weighted by molar-refractivity contribution is 6.24. The molecule has 0 amide bonds. The second-order valence-corrected chi connectivity index (χ2v) is 10.9. The van der Waals surface area contributed by atoms with Gasteiger partial charge in [0.1, 0.15) is 11.9 Å². The minimum absolute atomic E-state index is 0.0374. The summed E-state index contributed by atoms with van der Waals surface area (Å²) in [6.45, 7) is 0. The number of ether oxygens (including phenoxy) is 1. The standard InChI is InChI=1S/C38H24O/c1-2-5-27-20-28(11-8-23(27)4-1)29-14-18-35-33(21-29)34-22-30(15-19-36(34)39-35)31-16-12-26-10-9-24-6-3-7-25-13-17-32(31)38(26)37(24)25/h1-22,34,36H. The van der Waals surface area contributed by atoms with Gasteiger partial charge in [0.05, 0.1) is 0 Å². The molecule has 1 heterocycles. The molecule has 39 heavy (non-hydrogen) atoms. The van der Waals surface area contributed by atoms with E-state index in [1.54, 1.807) is 0 Å². The zero-order valence-electron chi connectivity index (χ0n) is 21.3. The van der Waals surface area contributed by atoms with Gasteiger partial charge in [-0.3, -0.25) is 0 Å². The van der Waals surface area contributed by atoms with Gasteiger partial charge in [-0.15, -0.1) is 0 Å². The molecular weight excluding hydrogens is 472 g/mol. The Bertz CT molecular complexity index is 2150. The number of rotatable bonds is 2. The molecule has 1 aliphatic heterocycles. The van der Waals surface area contributed by atoms with Crippen LogP contribution < -0.4 is 4.74 Å². The van der Waals surface area contributed by atoms with E-state index in [2.05, 4.69) is 133 Å². The summed E-state index contributed by atoms with van der Waals surface area (Å²) in [5, 5.41) is 10.5. The molecular formula is C38H24O. The quantitative estimate of drug-likeness (QED) is 0.216. The molecule has 7 aromatic carbocycles. The topological polar surface area (TPSA) is 9.23 Å². The van der Waals surface area contributed by atoms with Gasteiger partial charge in [-0.1, -0.05) is 109 Å². The Hall–Kier alpha value is -4.88. The van der Waals surface area contributed by atoms with Crippen LogP contribution in [0.1, 0.15) is 17.0 Å². The molecule has 9 rings (SSSR count). The first kappa shape index (κ1) is 21.1. The fraction of sp³-hybridized carbons (Fsp3) is 0.0526. The van der Waals surface area contributed by atoms with E-state index in [0.29, 0.717) is 0 Å². The maximum atomic E-state index is 6.40. The van der Waals surface area contributed by atoms with Gasteiger partial charge in [0.2, 0.25) is 0 Å². The molecule has 2 aliphatic rings. The lowest BCUT2D eigenvalue weighted by Gasteiger charge is -2.20. The SMILES string of the molecule is C1=CC2Oc3ccc(-c4ccc5ccccc5c4)cc3C2C=C1c1ccc2ccc3cccc4ccc1c2c34. The molecule has 182 valence electrons. The van der Waals surface area contributed by atoms with Crippen LogP contribution in [-0.4, -0.2) is 6.10 Å². The summed E-state index contributed by atoms with van der Waals surface area (Å²) in [5.74, 6) is 1.19. The molecule has 0 bridgehead atoms. The maximum absolute atomic E-state index is 6.40. The fourth-order valence-corrected chi connectivity index (χ4v) is 6.82. The molecule has 0 aromatic heterocycles. The Kier molecular flexibility index (Phi) is 4.23. The van der Waals surface area contributed by atoms with Crippen LogP contribution in [0.2, 0.25) is 0 Å². The molecule has 0 radical (unpaired) electrons. The first-order valence-corrected chi connectivity index (χ1v) is 13.7. The van der Waals surface area contributed by atoms with Crippen molar-refractivity contribution < 1.29 is 4.74 Å². The molecule has 0 saturated carbocycles. The van der Waals surface area contributed by atoms with E-state index in [4.69, 9.17) is 4.74 Å². The van der Waals surface area contributed by atoms with Crippen molar-refractivity contribution in [3.8, 4) is 16.9 Å². The molecule has 2 unspecified atom stereocenters. The highest BCUT2D eigenvalue weighted by Gasteiger charge is 2.34. The molecule has 1 heteroatoms. The number of hydrogen-bond donors (Lipinski definition) is 0. The van der Waals surface area contributed by atoms with Crippen molar-refractivity contribution in [1.29, 1.82) is 0 Å². The third kappa shape index (κ3) is 3.08. The van der Waals surface area contributed by atoms with Crippen molar-refractivity contribution in [3.63, 3.8) is 0 Å². The molecule has 0 saturated heterocycles. The molecule has 0 N–H and O–H groups in total. The first-order chi connectivity index (χ1) is 19.3. The Morgan fingerprint density at radius 3 is 2.13 bits per heavy atom. The average Bonchev–Trinajstić information content (AvgIpc) is 3.37. The van der Waals surface area contributed by atoms with E-state index in [1.165, 1.54) is 70.9 Å². The van der Waals surface area contributed by atoms with Gasteiger partial charge >= 0.3 is 0 Å². The van der Waals surface area contributed by atoms with Crippen LogP contribution in [0.5, 0.6) is 5.75 Å². The van der Waals surface area contributed by atoms with Crippen molar-refractivity contribution in [3.05, 3.63) is 145 Å². The van der Waals surface area contributed by atoms with Gasteiger partial charge in [0.15, 0.2) is 0 Å². The zero-order valence-corrected chi connectivity index (χ0v) is 21.3. The Labute approximate surface area is 226 Å². The van der Waals surface area contributed by atoms with Gasteiger partial charge in [0, 0.05) is 11.5 Å². The van der Waals surface area contributed by atoms with Crippen LogP contribution in [0.25, 0.3) is 59.8 Å². The lowest BCUT2D eigenvalue weighted by atomic mass is 9.83. The van der Waals surface area contributed by atoms with Crippen molar-refractivity contribution in [2.75, 3.05) is 0 Å². The fourth-order valence-electron chi connectivity index (χ4n) is 6.82. The van der Waals surface area contributed by atoms with Crippen molar-refractivity contribution >= 4 is 48.7 Å². The van der Waals surface area contributed by atoms with Crippen molar-refractivity contribution in [2.24, 2.45) is 0 Å². The average molecular weight is 497 g/mol. The van der Waals surface area contributed by atoms with Gasteiger partial charge in [0.25, 0.3) is 0 Å². The third-order valence-electron chi connectivity index (χ3n) is 8.73. The second-order valence-electron chi connectivity index (χ2n) is 10.9. The number of benzene rings is 7. The summed E-state index contributed by atoms with van der Waals surface area (Å²) in [6.07, 6.45) is 6.96. The molecule has 2 atom stereocenters. The maximum Gasteiger partial charge on any atom is 0.128 e. The summed E-state index contributed by atoms with van der Waals surface area (Å²) in [7, 11) is 0. The second kappa shape index (κ2) is 7.82. The van der Waals surface area contributed by atoms with Crippen LogP contribution in [0.3, 0.4) is 0 Å². The highest BCUT2D eigenvalue weighted by atomic mass is 16.5. The van der Waals surface area contributed by atoms with Crippen molar-refractivity contribution in [2.45, 2.75) is 12.0 Å². The van der Waals surface area contributed by atoms with Crippen LogP contribution >= 0.6 is 0 Å². The van der Waals surface area contributed by atoms with Crippen LogP contribution in [0, 0.1) is 0 Å². The van der Waals surface area contributed by atoms with Gasteiger partial charge in [-0.2, -0.15) is 0 Å². The predicted octanol–water partition coefficient (Wildman–Crippen LogP) is 9.90. The van der Waals surface area contributed by atoms with Crippen LogP contribution in [0.4, 0.5) is 0 Å². The normalized spacial score (nSPS) is 18.0. The predicted molar refractivity (Wildman–Crippen MR) is 164 cm³/mol. The van der Waals surface area contributed by atoms with Gasteiger partial charge in [-0.25, -0.2) is 0 Å². The van der Waals surface area contributed by atoms with E-state index < -0.39 is 0 Å². The molecule has 7 aromatic rings. The van der Waals surface area contributed by atoms with Crippen LogP contribution in [-0.2, 0) is 0 Å². The smallest absolute Gasteiger partial charge is 0.128 e. The number of fused-ring (bicyclic) bond motifs is 4. The Morgan fingerprint density at radius 2 is 1.23 bits per heavy atom. The Balaban J connectivity index is 1.17. The summed E-state index contributed by atoms with van der Waals surface area (Å²) in [5.41, 5.74) is 6.29. The minimum Gasteiger partial charge on any atom is -0.485 e. The number of allylic oxidation sites excluding steroid dienone is 2. The lowest BCUT2D eigenvalue weighted by molar-refractivity contribution is 0.269. The molecule has 0 spiro atoms. The van der Waals surface area contributed by atoms with Gasteiger partial charge < -0.3 is 4.74 Å². The van der Waals surface area contributed by atoms with E-state index in [-0.39, 0.29) is 12.0 Å². The molecule has 1 nitrogen and oxygen atoms in total. The summed E-state index contributed by atoms with van der Waals surface area (Å²) in [4.78, 5) is 0. The summed E-state index contributed by atoms with van der Waals surface area (Å²) < 4.78 is 6.40. The van der Waals surface area contributed by atoms with E-state index in [1.807, 2.05) is 0 Å². The van der Waals surface area contributed by atoms with E-state index in [9.17, 15) is 0 Å². The lowest BCUT2D eigenvalue weighted by Crippen LogP contribution is -2.17. The largest absolute Gasteiger partial charge is 0.485 e. The van der Waals surface area contributed by atoms with E-state index >= 15 is 0 Å². The van der Waals surface area contributed by atoms with Crippen molar-refractivity contribution in [1.82, 2.24) is 0 Å². The zero-order chi connectivity index (χ0) is 25.5. The Morgan fingerprint density at radius 1 is 0.538 bits per heavy atom. The number of hydrogen-bond acceptors (Lipinski definition) is 1. The highest BCUT2D eigenvalue weighted by Crippen LogP contribution is 2.46. The van der Waals surface area contributed by atoms with Gasteiger partial charge in [-0.05, 0) is 89.6 Å². The van der Waals surface area contributed by atoms with Crippen LogP contribution in [0.15, 0.2) is 133 Å². The summed E-state index contributed by atoms with van der Waals surface area (Å²) >= 11 is 0. The third-order valence-corrected chi connectivity index (χ3v) is 8.73. The molecule has 1 aliphatic carbocycles. The minimum atomic E-state index is 0.0374. The molecule has 0 fully saturated rings. The monoisotopic (exact) mass is 496 g/mol. The first-order valence-electron chi connectivity index (χ1n) is 13.7. The van der Waals surface area contributed by atoms with E-state index in [0.717, 1.165) is 5.75 Å².